The molecule has 0 N–H and O–H groups in total. The summed E-state index contributed by atoms with van der Waals surface area (Å²) in [6.45, 7) is 0. The lowest BCUT2D eigenvalue weighted by Gasteiger charge is -2.23. The zero-order valence-corrected chi connectivity index (χ0v) is 22.3. The van der Waals surface area contributed by atoms with Crippen LogP contribution in [-0.2, 0) is 0 Å². The summed E-state index contributed by atoms with van der Waals surface area (Å²) in [4.78, 5) is 0. The van der Waals surface area contributed by atoms with E-state index in [1.165, 1.54) is 69.5 Å². The predicted molar refractivity (Wildman–Crippen MR) is 171 cm³/mol. The highest BCUT2D eigenvalue weighted by Crippen LogP contribution is 2.50. The molecule has 0 saturated heterocycles. The van der Waals surface area contributed by atoms with E-state index in [-0.39, 0.29) is 0 Å². The van der Waals surface area contributed by atoms with Gasteiger partial charge in [0.25, 0.3) is 0 Å². The molecule has 0 fully saturated rings. The van der Waals surface area contributed by atoms with E-state index in [4.69, 9.17) is 4.74 Å². The highest BCUT2D eigenvalue weighted by atomic mass is 32.1. The third-order valence-corrected chi connectivity index (χ3v) is 9.53. The van der Waals surface area contributed by atoms with E-state index < -0.39 is 0 Å². The molecule has 40 heavy (non-hydrogen) atoms. The smallest absolute Gasteiger partial charge is 0.135 e. The Morgan fingerprint density at radius 1 is 0.350 bits per heavy atom. The van der Waals surface area contributed by atoms with Gasteiger partial charge in [-0.2, -0.15) is 0 Å². The molecule has 0 aliphatic carbocycles. The largest absolute Gasteiger partial charge is 0.456 e. The van der Waals surface area contributed by atoms with E-state index in [1.807, 2.05) is 23.5 Å². The van der Waals surface area contributed by atoms with E-state index >= 15 is 0 Å². The first-order valence-electron chi connectivity index (χ1n) is 13.6. The van der Waals surface area contributed by atoms with Crippen LogP contribution in [-0.4, -0.2) is 0 Å². The first-order chi connectivity index (χ1) is 19.8. The molecule has 0 saturated carbocycles. The van der Waals surface area contributed by atoms with Crippen LogP contribution in [0.3, 0.4) is 0 Å². The normalized spacial score (nSPS) is 12.2. The molecule has 2 heteroatoms. The lowest BCUT2D eigenvalue weighted by Crippen LogP contribution is -1.97. The summed E-state index contributed by atoms with van der Waals surface area (Å²) >= 11 is 1.89. The van der Waals surface area contributed by atoms with Crippen LogP contribution in [0.2, 0.25) is 0 Å². The third kappa shape index (κ3) is 3.03. The Hall–Kier alpha value is -4.92. The Bertz CT molecular complexity index is 2310. The molecule has 0 radical (unpaired) electrons. The Balaban J connectivity index is 1.30. The van der Waals surface area contributed by atoms with Gasteiger partial charge in [0, 0.05) is 36.7 Å². The third-order valence-electron chi connectivity index (χ3n) is 8.31. The molecule has 8 aromatic rings. The minimum absolute atomic E-state index is 0.917. The summed E-state index contributed by atoms with van der Waals surface area (Å²) in [6, 6.07) is 48.2. The second kappa shape index (κ2) is 8.29. The number of para-hydroxylation sites is 1. The zero-order chi connectivity index (χ0) is 26.2. The minimum atomic E-state index is 0.917. The number of ether oxygens (including phenoxy) is 1. The molecule has 1 aliphatic heterocycles. The number of hydrogen-bond acceptors (Lipinski definition) is 2. The molecule has 1 aliphatic rings. The molecule has 0 unspecified atom stereocenters. The number of hydrogen-bond donors (Lipinski definition) is 0. The van der Waals surface area contributed by atoms with Crippen LogP contribution < -0.4 is 4.74 Å². The quantitative estimate of drug-likeness (QED) is 0.218. The average Bonchev–Trinajstić information content (AvgIpc) is 3.40. The van der Waals surface area contributed by atoms with Gasteiger partial charge in [-0.05, 0) is 56.6 Å². The highest BCUT2D eigenvalue weighted by molar-refractivity contribution is 7.26. The van der Waals surface area contributed by atoms with Crippen molar-refractivity contribution < 1.29 is 4.74 Å². The Morgan fingerprint density at radius 2 is 0.925 bits per heavy atom. The molecule has 7 aromatic carbocycles. The van der Waals surface area contributed by atoms with Crippen molar-refractivity contribution in [2.75, 3.05) is 0 Å². The van der Waals surface area contributed by atoms with Crippen molar-refractivity contribution in [3.63, 3.8) is 0 Å². The molecular formula is C38H22OS. The van der Waals surface area contributed by atoms with Crippen molar-refractivity contribution in [1.82, 2.24) is 0 Å². The van der Waals surface area contributed by atoms with Crippen molar-refractivity contribution in [2.24, 2.45) is 0 Å². The van der Waals surface area contributed by atoms with Gasteiger partial charge in [0.15, 0.2) is 0 Å². The second-order valence-electron chi connectivity index (χ2n) is 10.4. The van der Waals surface area contributed by atoms with Crippen LogP contribution in [0.4, 0.5) is 0 Å². The molecule has 0 amide bonds. The average molecular weight is 527 g/mol. The van der Waals surface area contributed by atoms with Crippen molar-refractivity contribution in [2.45, 2.75) is 0 Å². The molecule has 0 spiro atoms. The fourth-order valence-electron chi connectivity index (χ4n) is 6.54. The highest BCUT2D eigenvalue weighted by Gasteiger charge is 2.22. The maximum absolute atomic E-state index is 6.37. The van der Waals surface area contributed by atoms with Crippen LogP contribution in [0.1, 0.15) is 0 Å². The fourth-order valence-corrected chi connectivity index (χ4v) is 7.77. The summed E-state index contributed by atoms with van der Waals surface area (Å²) in [5.74, 6) is 1.84. The molecule has 9 rings (SSSR count). The second-order valence-corrected chi connectivity index (χ2v) is 11.5. The van der Waals surface area contributed by atoms with Crippen LogP contribution in [0.5, 0.6) is 11.5 Å². The van der Waals surface area contributed by atoms with Gasteiger partial charge >= 0.3 is 0 Å². The lowest BCUT2D eigenvalue weighted by atomic mass is 9.87. The van der Waals surface area contributed by atoms with Crippen molar-refractivity contribution in [3.05, 3.63) is 133 Å². The maximum atomic E-state index is 6.37. The van der Waals surface area contributed by atoms with Gasteiger partial charge in [-0.15, -0.1) is 11.3 Å². The molecule has 1 aromatic heterocycles. The topological polar surface area (TPSA) is 9.23 Å². The molecule has 0 atom stereocenters. The Labute approximate surface area is 235 Å². The predicted octanol–water partition coefficient (Wildman–Crippen LogP) is 11.5. The van der Waals surface area contributed by atoms with Crippen molar-refractivity contribution >= 4 is 53.1 Å². The molecule has 2 heterocycles. The number of rotatable bonds is 2. The fraction of sp³-hybridized carbons (Fsp3) is 0. The summed E-state index contributed by atoms with van der Waals surface area (Å²) in [5, 5.41) is 7.59. The molecular weight excluding hydrogens is 504 g/mol. The SMILES string of the molecule is c1ccc2c(c1)Oc1ccc(-c3ccc(-c4cccc5c4sc4ccccc45)c4ccccc34)c3cccc-2c13. The standard InChI is InChI=1S/C38H22OS/c1-2-10-24-23(9-1)25(19-20-27(24)32-15-8-16-33-29-12-4-6-18-36(29)40-38(32)33)26-21-22-35-37-30(26)13-7-14-31(37)28-11-3-5-17-34(28)39-35/h1-22H. The van der Waals surface area contributed by atoms with Gasteiger partial charge in [0.1, 0.15) is 11.5 Å². The minimum Gasteiger partial charge on any atom is -0.456 e. The maximum Gasteiger partial charge on any atom is 0.135 e. The molecule has 1 nitrogen and oxygen atoms in total. The summed E-state index contributed by atoms with van der Waals surface area (Å²) in [5.41, 5.74) is 7.42. The zero-order valence-electron chi connectivity index (χ0n) is 21.5. The van der Waals surface area contributed by atoms with Crippen LogP contribution >= 0.6 is 11.3 Å². The Morgan fingerprint density at radius 3 is 1.77 bits per heavy atom. The van der Waals surface area contributed by atoms with Gasteiger partial charge in [-0.25, -0.2) is 0 Å². The molecule has 0 bridgehead atoms. The van der Waals surface area contributed by atoms with Gasteiger partial charge in [-0.3, -0.25) is 0 Å². The summed E-state index contributed by atoms with van der Waals surface area (Å²) in [6.07, 6.45) is 0. The summed E-state index contributed by atoms with van der Waals surface area (Å²) < 4.78 is 9.05. The van der Waals surface area contributed by atoms with Gasteiger partial charge in [0.05, 0.1) is 0 Å². The van der Waals surface area contributed by atoms with Gasteiger partial charge in [-0.1, -0.05) is 115 Å². The van der Waals surface area contributed by atoms with Gasteiger partial charge in [0.2, 0.25) is 0 Å². The van der Waals surface area contributed by atoms with E-state index in [1.54, 1.807) is 0 Å². The van der Waals surface area contributed by atoms with E-state index in [0.29, 0.717) is 0 Å². The summed E-state index contributed by atoms with van der Waals surface area (Å²) in [7, 11) is 0. The van der Waals surface area contributed by atoms with E-state index in [2.05, 4.69) is 121 Å². The van der Waals surface area contributed by atoms with E-state index in [0.717, 1.165) is 17.1 Å². The Kier molecular flexibility index (Phi) is 4.55. The number of fused-ring (bicyclic) bond motifs is 6. The first-order valence-corrected chi connectivity index (χ1v) is 14.4. The van der Waals surface area contributed by atoms with Crippen LogP contribution in [0.15, 0.2) is 133 Å². The van der Waals surface area contributed by atoms with Crippen molar-refractivity contribution in [3.8, 4) is 44.9 Å². The number of thiophene rings is 1. The lowest BCUT2D eigenvalue weighted by molar-refractivity contribution is 0.487. The molecule has 186 valence electrons. The number of benzene rings is 7. The van der Waals surface area contributed by atoms with Crippen LogP contribution in [0, 0.1) is 0 Å². The monoisotopic (exact) mass is 526 g/mol. The van der Waals surface area contributed by atoms with Crippen LogP contribution in [0.25, 0.3) is 75.1 Å². The van der Waals surface area contributed by atoms with Gasteiger partial charge < -0.3 is 4.74 Å². The van der Waals surface area contributed by atoms with E-state index in [9.17, 15) is 0 Å². The first kappa shape index (κ1) is 22.0. The van der Waals surface area contributed by atoms with Crippen molar-refractivity contribution in [1.29, 1.82) is 0 Å².